The van der Waals surface area contributed by atoms with Gasteiger partial charge in [0.25, 0.3) is 0 Å². The van der Waals surface area contributed by atoms with E-state index in [1.807, 2.05) is 18.2 Å². The van der Waals surface area contributed by atoms with Gasteiger partial charge in [-0.1, -0.05) is 42.5 Å². The average molecular weight is 528 g/mol. The summed E-state index contributed by atoms with van der Waals surface area (Å²) in [4.78, 5) is 12.0. The Bertz CT molecular complexity index is 931. The molecule has 0 unspecified atom stereocenters. The van der Waals surface area contributed by atoms with E-state index in [0.717, 1.165) is 0 Å². The number of unbranched alkanes of at least 4 members (excludes halogenated alkanes) is 3. The first-order valence-electron chi connectivity index (χ1n) is 11.8. The molecule has 1 aromatic heterocycles. The van der Waals surface area contributed by atoms with Gasteiger partial charge in [-0.3, -0.25) is 4.79 Å². The molecule has 0 amide bonds. The van der Waals surface area contributed by atoms with E-state index in [-0.39, 0.29) is 11.5 Å². The van der Waals surface area contributed by atoms with Crippen LogP contribution in [0.3, 0.4) is 0 Å². The zero-order valence-electron chi connectivity index (χ0n) is 19.3. The third-order valence-electron chi connectivity index (χ3n) is 5.46. The molecule has 167 valence electrons. The fourth-order valence-corrected chi connectivity index (χ4v) is 13.0. The summed E-state index contributed by atoms with van der Waals surface area (Å²) in [7, 11) is 0. The third-order valence-corrected chi connectivity index (χ3v) is 14.5. The number of aromatic hydroxyl groups is 1. The molecule has 1 radical (unpaired) electrons. The van der Waals surface area contributed by atoms with Crippen LogP contribution >= 0.6 is 0 Å². The van der Waals surface area contributed by atoms with Crippen molar-refractivity contribution in [2.45, 2.75) is 72.6 Å². The van der Waals surface area contributed by atoms with Crippen LogP contribution in [0.1, 0.15) is 59.3 Å². The van der Waals surface area contributed by atoms with Crippen molar-refractivity contribution >= 4 is 30.7 Å². The monoisotopic (exact) mass is 529 g/mol. The number of para-hydroxylation sites is 1. The maximum absolute atomic E-state index is 12.0. The van der Waals surface area contributed by atoms with E-state index in [4.69, 9.17) is 4.42 Å². The van der Waals surface area contributed by atoms with Crippen LogP contribution in [0, 0.1) is 0 Å². The Kier molecular flexibility index (Phi) is 11.8. The van der Waals surface area contributed by atoms with Crippen molar-refractivity contribution in [3.63, 3.8) is 0 Å². The van der Waals surface area contributed by atoms with Crippen LogP contribution in [0.5, 0.6) is 5.75 Å². The van der Waals surface area contributed by atoms with E-state index in [1.165, 1.54) is 38.5 Å². The molecule has 2 aromatic carbocycles. The first-order valence-corrected chi connectivity index (χ1v) is 17.8. The van der Waals surface area contributed by atoms with E-state index in [2.05, 4.69) is 20.8 Å². The molecule has 0 bridgehead atoms. The molecule has 0 saturated heterocycles. The van der Waals surface area contributed by atoms with E-state index in [1.54, 1.807) is 49.7 Å². The molecule has 0 spiro atoms. The summed E-state index contributed by atoms with van der Waals surface area (Å²) in [6.45, 7) is 7.00. The van der Waals surface area contributed by atoms with Gasteiger partial charge in [0.15, 0.2) is 5.76 Å². The van der Waals surface area contributed by atoms with E-state index in [9.17, 15) is 9.90 Å². The number of benzene rings is 2. The number of hydrogen-bond acceptors (Lipinski definition) is 3. The standard InChI is InChI=1S/C15H10O3.3C4H9.Sn/c16-13-11-8-4-5-9-12(11)18-15(14(13)17)10-6-2-1-3-7-10;3*1-3-4-2;/h1-9,17H;3*1,3-4H2,2H3;. The second kappa shape index (κ2) is 14.3. The van der Waals surface area contributed by atoms with E-state index < -0.39 is 25.2 Å². The van der Waals surface area contributed by atoms with Gasteiger partial charge in [0, 0.05) is 5.56 Å². The molecule has 0 fully saturated rings. The van der Waals surface area contributed by atoms with Crippen LogP contribution in [0.4, 0.5) is 0 Å². The summed E-state index contributed by atoms with van der Waals surface area (Å²) in [5.74, 6) is -0.140. The van der Waals surface area contributed by atoms with Crippen LogP contribution in [0.2, 0.25) is 13.3 Å². The van der Waals surface area contributed by atoms with Gasteiger partial charge in [0.2, 0.25) is 11.2 Å². The Morgan fingerprint density at radius 1 is 0.774 bits per heavy atom. The zero-order chi connectivity index (χ0) is 22.5. The quantitative estimate of drug-likeness (QED) is 0.271. The van der Waals surface area contributed by atoms with Gasteiger partial charge < -0.3 is 9.52 Å². The molecule has 3 rings (SSSR count). The van der Waals surface area contributed by atoms with Crippen molar-refractivity contribution in [3.05, 3.63) is 64.8 Å². The first kappa shape index (κ1) is 25.5. The molecular formula is C27H37O3Sn. The second-order valence-electron chi connectivity index (χ2n) is 8.03. The molecule has 1 heterocycles. The summed E-state index contributed by atoms with van der Waals surface area (Å²) < 4.78 is 10.6. The summed E-state index contributed by atoms with van der Waals surface area (Å²) in [5.41, 5.74) is 0.743. The fraction of sp³-hybridized carbons (Fsp3) is 0.444. The summed E-state index contributed by atoms with van der Waals surface area (Å²) >= 11 is -0.839. The largest absolute Gasteiger partial charge is 0.502 e. The SMILES string of the molecule is CCC[CH2][Sn]([CH2]CCC)[CH2]CCC.O=c1c(O)c(-c2ccccc2)oc2ccccc12. The third kappa shape index (κ3) is 8.02. The molecule has 0 aliphatic rings. The van der Waals surface area contributed by atoms with Crippen molar-refractivity contribution in [2.24, 2.45) is 0 Å². The maximum atomic E-state index is 12.0. The molecule has 3 nitrogen and oxygen atoms in total. The predicted octanol–water partition coefficient (Wildman–Crippen LogP) is 8.05. The Hall–Kier alpha value is -1.75. The van der Waals surface area contributed by atoms with Crippen molar-refractivity contribution in [1.29, 1.82) is 0 Å². The normalized spacial score (nSPS) is 10.8. The summed E-state index contributed by atoms with van der Waals surface area (Å²) in [6, 6.07) is 15.9. The molecule has 0 aliphatic carbocycles. The average Bonchev–Trinajstić information content (AvgIpc) is 2.82. The Morgan fingerprint density at radius 3 is 1.84 bits per heavy atom. The summed E-state index contributed by atoms with van der Waals surface area (Å²) in [6.07, 6.45) is 8.85. The molecule has 31 heavy (non-hydrogen) atoms. The van der Waals surface area contributed by atoms with Gasteiger partial charge in [-0.15, -0.1) is 0 Å². The molecular weight excluding hydrogens is 491 g/mol. The Morgan fingerprint density at radius 2 is 1.29 bits per heavy atom. The second-order valence-corrected chi connectivity index (χ2v) is 16.6. The molecule has 0 atom stereocenters. The van der Waals surface area contributed by atoms with Crippen LogP contribution in [0.15, 0.2) is 63.8 Å². The van der Waals surface area contributed by atoms with Crippen LogP contribution in [-0.2, 0) is 0 Å². The maximum Gasteiger partial charge on any atom is 0.235 e. The zero-order valence-corrected chi connectivity index (χ0v) is 22.2. The van der Waals surface area contributed by atoms with Crippen molar-refractivity contribution in [1.82, 2.24) is 0 Å². The van der Waals surface area contributed by atoms with Gasteiger partial charge in [0.05, 0.1) is 5.39 Å². The van der Waals surface area contributed by atoms with Crippen molar-refractivity contribution in [3.8, 4) is 17.1 Å². The fourth-order valence-electron chi connectivity index (χ4n) is 3.57. The predicted molar refractivity (Wildman–Crippen MR) is 134 cm³/mol. The minimum atomic E-state index is -0.839. The molecule has 1 N–H and O–H groups in total. The van der Waals surface area contributed by atoms with E-state index >= 15 is 0 Å². The van der Waals surface area contributed by atoms with Gasteiger partial charge in [-0.05, 0) is 12.1 Å². The van der Waals surface area contributed by atoms with Crippen LogP contribution in [-0.4, -0.2) is 24.9 Å². The minimum absolute atomic E-state index is 0.208. The Balaban J connectivity index is 0.000000235. The molecule has 3 aromatic rings. The van der Waals surface area contributed by atoms with Gasteiger partial charge in [-0.25, -0.2) is 0 Å². The molecule has 0 aliphatic heterocycles. The van der Waals surface area contributed by atoms with Crippen molar-refractivity contribution in [2.75, 3.05) is 0 Å². The van der Waals surface area contributed by atoms with Crippen molar-refractivity contribution < 1.29 is 9.52 Å². The van der Waals surface area contributed by atoms with E-state index in [0.29, 0.717) is 16.5 Å². The topological polar surface area (TPSA) is 50.4 Å². The Labute approximate surface area is 194 Å². The number of rotatable bonds is 10. The van der Waals surface area contributed by atoms with Crippen LogP contribution in [0.25, 0.3) is 22.3 Å². The summed E-state index contributed by atoms with van der Waals surface area (Å²) in [5, 5.41) is 10.3. The molecule has 0 saturated carbocycles. The number of hydrogen-bond donors (Lipinski definition) is 1. The van der Waals surface area contributed by atoms with Gasteiger partial charge in [0.1, 0.15) is 5.58 Å². The van der Waals surface area contributed by atoms with Gasteiger partial charge in [-0.2, -0.15) is 0 Å². The minimum Gasteiger partial charge on any atom is -0.502 e. The first-order chi connectivity index (χ1) is 15.1. The van der Waals surface area contributed by atoms with Crippen LogP contribution < -0.4 is 5.43 Å². The molecule has 4 heteroatoms. The van der Waals surface area contributed by atoms with Gasteiger partial charge >= 0.3 is 92.4 Å². The smallest absolute Gasteiger partial charge is 0.235 e. The number of fused-ring (bicyclic) bond motifs is 1.